The lowest BCUT2D eigenvalue weighted by molar-refractivity contribution is -0.139. The van der Waals surface area contributed by atoms with Gasteiger partial charge in [0.15, 0.2) is 0 Å². The smallest absolute Gasteiger partial charge is 0.231 e. The van der Waals surface area contributed by atoms with E-state index in [0.29, 0.717) is 13.1 Å². The van der Waals surface area contributed by atoms with Gasteiger partial charge in [-0.25, -0.2) is 0 Å². The molecule has 1 aliphatic rings. The zero-order valence-electron chi connectivity index (χ0n) is 9.19. The summed E-state index contributed by atoms with van der Waals surface area (Å²) in [4.78, 5) is 24.3. The number of aryl methyl sites for hydroxylation is 1. The van der Waals surface area contributed by atoms with Gasteiger partial charge in [-0.1, -0.05) is 0 Å². The van der Waals surface area contributed by atoms with Crippen LogP contribution in [-0.4, -0.2) is 34.2 Å². The molecule has 0 atom stereocenters. The number of amides is 2. The first-order valence-electron chi connectivity index (χ1n) is 5.06. The summed E-state index contributed by atoms with van der Waals surface area (Å²) in [6.07, 6.45) is 0. The first kappa shape index (κ1) is 11.1. The van der Waals surface area contributed by atoms with Crippen molar-refractivity contribution >= 4 is 28.3 Å². The highest BCUT2D eigenvalue weighted by atomic mass is 32.1. The fraction of sp³-hybridized carbons (Fsp3) is 0.500. The van der Waals surface area contributed by atoms with Crippen LogP contribution >= 0.6 is 11.5 Å². The van der Waals surface area contributed by atoms with Gasteiger partial charge in [-0.15, -0.1) is 0 Å². The molecule has 6 heteroatoms. The quantitative estimate of drug-likeness (QED) is 0.833. The summed E-state index contributed by atoms with van der Waals surface area (Å²) in [6, 6.07) is 1.84. The molecule has 86 valence electrons. The second-order valence-electron chi connectivity index (χ2n) is 3.94. The van der Waals surface area contributed by atoms with Crippen LogP contribution in [0.4, 0.5) is 5.00 Å². The molecular formula is C10H13N3O2S. The van der Waals surface area contributed by atoms with Gasteiger partial charge in [0, 0.05) is 20.0 Å². The molecule has 2 amide bonds. The summed E-state index contributed by atoms with van der Waals surface area (Å²) < 4.78 is 4.08. The van der Waals surface area contributed by atoms with E-state index in [1.165, 1.54) is 18.5 Å². The zero-order valence-corrected chi connectivity index (χ0v) is 10.0. The van der Waals surface area contributed by atoms with Crippen molar-refractivity contribution in [2.45, 2.75) is 13.8 Å². The van der Waals surface area contributed by atoms with Crippen LogP contribution < -0.4 is 5.32 Å². The summed E-state index contributed by atoms with van der Waals surface area (Å²) in [5.74, 6) is -0.0786. The molecule has 1 N–H and O–H groups in total. The number of hydrogen-bond donors (Lipinski definition) is 1. The van der Waals surface area contributed by atoms with E-state index in [0.717, 1.165) is 10.7 Å². The number of anilines is 1. The van der Waals surface area contributed by atoms with Crippen molar-refractivity contribution in [2.75, 3.05) is 18.4 Å². The van der Waals surface area contributed by atoms with E-state index < -0.39 is 0 Å². The minimum Gasteiger partial charge on any atom is -0.341 e. The van der Waals surface area contributed by atoms with Crippen molar-refractivity contribution in [1.82, 2.24) is 9.27 Å². The summed E-state index contributed by atoms with van der Waals surface area (Å²) in [7, 11) is 0. The lowest BCUT2D eigenvalue weighted by atomic mass is 9.99. The molecule has 0 radical (unpaired) electrons. The predicted octanol–water partition coefficient (Wildman–Crippen LogP) is 0.868. The Kier molecular flexibility index (Phi) is 2.91. The number of carbonyl (C=O) groups excluding carboxylic acids is 2. The Balaban J connectivity index is 1.84. The third-order valence-electron chi connectivity index (χ3n) is 2.57. The highest BCUT2D eigenvalue weighted by Gasteiger charge is 2.34. The largest absolute Gasteiger partial charge is 0.341 e. The third-order valence-corrected chi connectivity index (χ3v) is 3.37. The zero-order chi connectivity index (χ0) is 11.7. The molecule has 0 saturated carbocycles. The molecule has 0 unspecified atom stereocenters. The molecule has 0 aliphatic carbocycles. The van der Waals surface area contributed by atoms with E-state index >= 15 is 0 Å². The molecule has 16 heavy (non-hydrogen) atoms. The maximum atomic E-state index is 11.7. The third kappa shape index (κ3) is 2.21. The van der Waals surface area contributed by atoms with E-state index in [1.54, 1.807) is 4.90 Å². The summed E-state index contributed by atoms with van der Waals surface area (Å²) in [5, 5.41) is 3.57. The van der Waals surface area contributed by atoms with Gasteiger partial charge in [-0.05, 0) is 24.5 Å². The van der Waals surface area contributed by atoms with Crippen molar-refractivity contribution in [3.05, 3.63) is 11.8 Å². The highest BCUT2D eigenvalue weighted by Crippen LogP contribution is 2.20. The minimum absolute atomic E-state index is 0.0256. The van der Waals surface area contributed by atoms with Gasteiger partial charge in [-0.3, -0.25) is 9.59 Å². The molecule has 1 aliphatic heterocycles. The van der Waals surface area contributed by atoms with Crippen molar-refractivity contribution in [2.24, 2.45) is 5.92 Å². The van der Waals surface area contributed by atoms with Crippen LogP contribution in [0.15, 0.2) is 6.07 Å². The SMILES string of the molecule is CC(=O)N1CC(C(=O)Nc2cc(C)ns2)C1. The number of rotatable bonds is 2. The highest BCUT2D eigenvalue weighted by molar-refractivity contribution is 7.10. The van der Waals surface area contributed by atoms with Gasteiger partial charge >= 0.3 is 0 Å². The Hall–Kier alpha value is -1.43. The number of nitrogens with one attached hydrogen (secondary N) is 1. The first-order chi connectivity index (χ1) is 7.56. The second kappa shape index (κ2) is 4.21. The average molecular weight is 239 g/mol. The molecule has 1 aromatic rings. The van der Waals surface area contributed by atoms with E-state index in [9.17, 15) is 9.59 Å². The molecule has 1 saturated heterocycles. The van der Waals surface area contributed by atoms with Gasteiger partial charge in [0.2, 0.25) is 11.8 Å². The van der Waals surface area contributed by atoms with Crippen LogP contribution in [0.3, 0.4) is 0 Å². The van der Waals surface area contributed by atoms with Crippen LogP contribution in [0.25, 0.3) is 0 Å². The average Bonchev–Trinajstić information content (AvgIpc) is 2.47. The Labute approximate surface area is 97.6 Å². The van der Waals surface area contributed by atoms with Gasteiger partial charge in [0.05, 0.1) is 11.6 Å². The number of nitrogens with zero attached hydrogens (tertiary/aromatic N) is 2. The van der Waals surface area contributed by atoms with E-state index in [-0.39, 0.29) is 17.7 Å². The van der Waals surface area contributed by atoms with Crippen LogP contribution in [-0.2, 0) is 9.59 Å². The van der Waals surface area contributed by atoms with Crippen LogP contribution in [0.5, 0.6) is 0 Å². The van der Waals surface area contributed by atoms with Crippen molar-refractivity contribution in [1.29, 1.82) is 0 Å². The predicted molar refractivity (Wildman–Crippen MR) is 61.2 cm³/mol. The fourth-order valence-corrected chi connectivity index (χ4v) is 2.21. The maximum absolute atomic E-state index is 11.7. The first-order valence-corrected chi connectivity index (χ1v) is 5.83. The topological polar surface area (TPSA) is 62.3 Å². The minimum atomic E-state index is -0.0775. The number of aromatic nitrogens is 1. The van der Waals surface area contributed by atoms with Crippen molar-refractivity contribution < 1.29 is 9.59 Å². The Morgan fingerprint density at radius 2 is 2.25 bits per heavy atom. The number of carbonyl (C=O) groups is 2. The molecule has 5 nitrogen and oxygen atoms in total. The molecular weight excluding hydrogens is 226 g/mol. The molecule has 2 rings (SSSR count). The monoisotopic (exact) mass is 239 g/mol. The van der Waals surface area contributed by atoms with Gasteiger partial charge in [0.1, 0.15) is 5.00 Å². The van der Waals surface area contributed by atoms with E-state index in [1.807, 2.05) is 13.0 Å². The van der Waals surface area contributed by atoms with Crippen LogP contribution in [0.2, 0.25) is 0 Å². The Bertz CT molecular complexity index is 423. The van der Waals surface area contributed by atoms with Crippen molar-refractivity contribution in [3.63, 3.8) is 0 Å². The van der Waals surface area contributed by atoms with E-state index in [2.05, 4.69) is 9.69 Å². The molecule has 1 aromatic heterocycles. The normalized spacial score (nSPS) is 15.8. The van der Waals surface area contributed by atoms with Gasteiger partial charge in [-0.2, -0.15) is 4.37 Å². The standard InChI is InChI=1S/C10H13N3O2S/c1-6-3-9(16-12-6)11-10(15)8-4-13(5-8)7(2)14/h3,8H,4-5H2,1-2H3,(H,11,15). The number of hydrogen-bond acceptors (Lipinski definition) is 4. The Morgan fingerprint density at radius 1 is 1.56 bits per heavy atom. The second-order valence-corrected chi connectivity index (χ2v) is 4.75. The Morgan fingerprint density at radius 3 is 2.75 bits per heavy atom. The molecule has 1 fully saturated rings. The van der Waals surface area contributed by atoms with E-state index in [4.69, 9.17) is 0 Å². The van der Waals surface area contributed by atoms with Crippen molar-refractivity contribution in [3.8, 4) is 0 Å². The molecule has 0 aromatic carbocycles. The maximum Gasteiger partial charge on any atom is 0.231 e. The molecule has 2 heterocycles. The molecule has 0 bridgehead atoms. The fourth-order valence-electron chi connectivity index (χ4n) is 1.55. The van der Waals surface area contributed by atoms with Crippen LogP contribution in [0.1, 0.15) is 12.6 Å². The summed E-state index contributed by atoms with van der Waals surface area (Å²) >= 11 is 1.27. The van der Waals surface area contributed by atoms with Gasteiger partial charge < -0.3 is 10.2 Å². The number of likely N-dealkylation sites (tertiary alicyclic amines) is 1. The van der Waals surface area contributed by atoms with Gasteiger partial charge in [0.25, 0.3) is 0 Å². The van der Waals surface area contributed by atoms with Crippen LogP contribution in [0, 0.1) is 12.8 Å². The summed E-state index contributed by atoms with van der Waals surface area (Å²) in [6.45, 7) is 4.45. The lowest BCUT2D eigenvalue weighted by Gasteiger charge is -2.37. The lowest BCUT2D eigenvalue weighted by Crippen LogP contribution is -2.53. The summed E-state index contributed by atoms with van der Waals surface area (Å²) in [5.41, 5.74) is 0.902. The molecule has 0 spiro atoms.